The van der Waals surface area contributed by atoms with Crippen molar-refractivity contribution in [1.29, 1.82) is 0 Å². The van der Waals surface area contributed by atoms with Crippen LogP contribution >= 0.6 is 0 Å². The fourth-order valence-corrected chi connectivity index (χ4v) is 2.41. The van der Waals surface area contributed by atoms with Gasteiger partial charge in [-0.2, -0.15) is 0 Å². The molecule has 0 aromatic rings. The molecule has 1 fully saturated rings. The fourth-order valence-electron chi connectivity index (χ4n) is 2.41. The molecule has 0 spiro atoms. The Kier molecular flexibility index (Phi) is 6.56. The third-order valence-electron chi connectivity index (χ3n) is 3.71. The molecular formula is C14H27NO2. The van der Waals surface area contributed by atoms with Gasteiger partial charge < -0.3 is 10.1 Å². The average molecular weight is 241 g/mol. The number of hydrogen-bond donors (Lipinski definition) is 1. The molecule has 1 atom stereocenters. The maximum Gasteiger partial charge on any atom is 0.309 e. The van der Waals surface area contributed by atoms with Crippen LogP contribution in [0.2, 0.25) is 0 Å². The van der Waals surface area contributed by atoms with Gasteiger partial charge in [0.15, 0.2) is 0 Å². The SMILES string of the molecule is CCOC(=O)C(C)CNCC1CCC(C)CC1. The molecule has 0 aromatic heterocycles. The second kappa shape index (κ2) is 7.70. The smallest absolute Gasteiger partial charge is 0.309 e. The molecule has 0 saturated heterocycles. The molecule has 3 heteroatoms. The molecule has 3 nitrogen and oxygen atoms in total. The zero-order chi connectivity index (χ0) is 12.7. The van der Waals surface area contributed by atoms with Gasteiger partial charge in [0.2, 0.25) is 0 Å². The predicted molar refractivity (Wildman–Crippen MR) is 69.8 cm³/mol. The Morgan fingerprint density at radius 3 is 2.59 bits per heavy atom. The standard InChI is InChI=1S/C14H27NO2/c1-4-17-14(16)12(3)9-15-10-13-7-5-11(2)6-8-13/h11-13,15H,4-10H2,1-3H3. The predicted octanol–water partition coefficient (Wildman–Crippen LogP) is 2.60. The van der Waals surface area contributed by atoms with Gasteiger partial charge in [-0.1, -0.05) is 26.7 Å². The number of carbonyl (C=O) groups is 1. The molecule has 1 rings (SSSR count). The highest BCUT2D eigenvalue weighted by Gasteiger charge is 2.19. The summed E-state index contributed by atoms with van der Waals surface area (Å²) in [6, 6.07) is 0. The first kappa shape index (κ1) is 14.5. The molecule has 1 N–H and O–H groups in total. The van der Waals surface area contributed by atoms with E-state index in [9.17, 15) is 4.79 Å². The molecule has 17 heavy (non-hydrogen) atoms. The van der Waals surface area contributed by atoms with Gasteiger partial charge in [0, 0.05) is 6.54 Å². The largest absolute Gasteiger partial charge is 0.466 e. The first-order chi connectivity index (χ1) is 8.13. The summed E-state index contributed by atoms with van der Waals surface area (Å²) < 4.78 is 4.98. The van der Waals surface area contributed by atoms with E-state index in [-0.39, 0.29) is 11.9 Å². The number of ether oxygens (including phenoxy) is 1. The Labute approximate surface area is 105 Å². The second-order valence-corrected chi connectivity index (χ2v) is 5.44. The van der Waals surface area contributed by atoms with Crippen molar-refractivity contribution < 1.29 is 9.53 Å². The van der Waals surface area contributed by atoms with Crippen LogP contribution in [-0.4, -0.2) is 25.7 Å². The minimum absolute atomic E-state index is 0.0301. The second-order valence-electron chi connectivity index (χ2n) is 5.44. The minimum Gasteiger partial charge on any atom is -0.466 e. The van der Waals surface area contributed by atoms with Gasteiger partial charge in [0.05, 0.1) is 12.5 Å². The lowest BCUT2D eigenvalue weighted by molar-refractivity contribution is -0.147. The van der Waals surface area contributed by atoms with Crippen molar-refractivity contribution >= 4 is 5.97 Å². The van der Waals surface area contributed by atoms with E-state index in [1.165, 1.54) is 25.7 Å². The number of nitrogens with one attached hydrogen (secondary N) is 1. The molecule has 0 bridgehead atoms. The summed E-state index contributed by atoms with van der Waals surface area (Å²) in [7, 11) is 0. The molecule has 0 aliphatic heterocycles. The highest BCUT2D eigenvalue weighted by atomic mass is 16.5. The summed E-state index contributed by atoms with van der Waals surface area (Å²) in [4.78, 5) is 11.4. The topological polar surface area (TPSA) is 38.3 Å². The van der Waals surface area contributed by atoms with Gasteiger partial charge in [0.25, 0.3) is 0 Å². The zero-order valence-corrected chi connectivity index (χ0v) is 11.5. The Hall–Kier alpha value is -0.570. The van der Waals surface area contributed by atoms with Crippen LogP contribution in [0, 0.1) is 17.8 Å². The average Bonchev–Trinajstić information content (AvgIpc) is 2.32. The minimum atomic E-state index is -0.0859. The van der Waals surface area contributed by atoms with Crippen LogP contribution in [-0.2, 0) is 9.53 Å². The van der Waals surface area contributed by atoms with Crippen LogP contribution in [0.3, 0.4) is 0 Å². The first-order valence-corrected chi connectivity index (χ1v) is 7.00. The molecule has 1 aliphatic carbocycles. The lowest BCUT2D eigenvalue weighted by atomic mass is 9.83. The first-order valence-electron chi connectivity index (χ1n) is 7.00. The van der Waals surface area contributed by atoms with E-state index in [2.05, 4.69) is 12.2 Å². The number of rotatable bonds is 6. The summed E-state index contributed by atoms with van der Waals surface area (Å²) in [6.45, 7) is 8.38. The molecule has 0 radical (unpaired) electrons. The van der Waals surface area contributed by atoms with E-state index in [0.29, 0.717) is 6.61 Å². The summed E-state index contributed by atoms with van der Waals surface area (Å²) in [6.07, 6.45) is 5.39. The van der Waals surface area contributed by atoms with Crippen molar-refractivity contribution in [2.24, 2.45) is 17.8 Å². The van der Waals surface area contributed by atoms with Gasteiger partial charge in [-0.15, -0.1) is 0 Å². The highest BCUT2D eigenvalue weighted by Crippen LogP contribution is 2.27. The lowest BCUT2D eigenvalue weighted by Crippen LogP contribution is -2.32. The van der Waals surface area contributed by atoms with Crippen molar-refractivity contribution in [3.8, 4) is 0 Å². The summed E-state index contributed by atoms with van der Waals surface area (Å²) in [5, 5.41) is 3.41. The molecule has 100 valence electrons. The van der Waals surface area contributed by atoms with Gasteiger partial charge >= 0.3 is 5.97 Å². The van der Waals surface area contributed by atoms with Crippen molar-refractivity contribution in [3.63, 3.8) is 0 Å². The van der Waals surface area contributed by atoms with E-state index < -0.39 is 0 Å². The van der Waals surface area contributed by atoms with Crippen LogP contribution in [0.1, 0.15) is 46.5 Å². The molecule has 1 saturated carbocycles. The van der Waals surface area contributed by atoms with E-state index >= 15 is 0 Å². The molecule has 0 heterocycles. The fraction of sp³-hybridized carbons (Fsp3) is 0.929. The van der Waals surface area contributed by atoms with Crippen LogP contribution in [0.25, 0.3) is 0 Å². The van der Waals surface area contributed by atoms with Crippen LogP contribution in [0.4, 0.5) is 0 Å². The number of carbonyl (C=O) groups excluding carboxylic acids is 1. The van der Waals surface area contributed by atoms with E-state index in [4.69, 9.17) is 4.74 Å². The Bertz CT molecular complexity index is 222. The maximum absolute atomic E-state index is 11.4. The molecule has 0 aromatic carbocycles. The quantitative estimate of drug-likeness (QED) is 0.726. The van der Waals surface area contributed by atoms with Crippen LogP contribution in [0.5, 0.6) is 0 Å². The monoisotopic (exact) mass is 241 g/mol. The molecule has 1 unspecified atom stereocenters. The van der Waals surface area contributed by atoms with Crippen molar-refractivity contribution in [1.82, 2.24) is 5.32 Å². The highest BCUT2D eigenvalue weighted by molar-refractivity contribution is 5.72. The van der Waals surface area contributed by atoms with E-state index in [0.717, 1.165) is 24.9 Å². The van der Waals surface area contributed by atoms with Crippen molar-refractivity contribution in [3.05, 3.63) is 0 Å². The van der Waals surface area contributed by atoms with Crippen LogP contribution < -0.4 is 5.32 Å². The molecule has 0 amide bonds. The Morgan fingerprint density at radius 2 is 2.00 bits per heavy atom. The Balaban J connectivity index is 2.09. The van der Waals surface area contributed by atoms with Gasteiger partial charge in [-0.3, -0.25) is 4.79 Å². The molecule has 1 aliphatic rings. The normalized spacial score (nSPS) is 26.5. The summed E-state index contributed by atoms with van der Waals surface area (Å²) >= 11 is 0. The van der Waals surface area contributed by atoms with Crippen LogP contribution in [0.15, 0.2) is 0 Å². The summed E-state index contributed by atoms with van der Waals surface area (Å²) in [5.74, 6) is 1.60. The number of hydrogen-bond acceptors (Lipinski definition) is 3. The van der Waals surface area contributed by atoms with Gasteiger partial charge in [-0.05, 0) is 38.1 Å². The van der Waals surface area contributed by atoms with Gasteiger partial charge in [0.1, 0.15) is 0 Å². The lowest BCUT2D eigenvalue weighted by Gasteiger charge is -2.26. The van der Waals surface area contributed by atoms with E-state index in [1.54, 1.807) is 0 Å². The van der Waals surface area contributed by atoms with E-state index in [1.807, 2.05) is 13.8 Å². The number of esters is 1. The molecular weight excluding hydrogens is 214 g/mol. The Morgan fingerprint density at radius 1 is 1.35 bits per heavy atom. The zero-order valence-electron chi connectivity index (χ0n) is 11.5. The third kappa shape index (κ3) is 5.53. The van der Waals surface area contributed by atoms with Gasteiger partial charge in [-0.25, -0.2) is 0 Å². The van der Waals surface area contributed by atoms with Crippen molar-refractivity contribution in [2.45, 2.75) is 46.5 Å². The maximum atomic E-state index is 11.4. The van der Waals surface area contributed by atoms with Crippen molar-refractivity contribution in [2.75, 3.05) is 19.7 Å². The summed E-state index contributed by atoms with van der Waals surface area (Å²) in [5.41, 5.74) is 0. The third-order valence-corrected chi connectivity index (χ3v) is 3.71.